The molecule has 0 amide bonds. The van der Waals surface area contributed by atoms with Gasteiger partial charge in [0.2, 0.25) is 0 Å². The number of aromatic nitrogens is 1. The van der Waals surface area contributed by atoms with Crippen LogP contribution in [0.4, 0.5) is 14.5 Å². The smallest absolute Gasteiger partial charge is 0.265 e. The number of nitrogens with zero attached hydrogens (tertiary/aromatic N) is 1. The van der Waals surface area contributed by atoms with Crippen LogP contribution in [-0.4, -0.2) is 11.0 Å². The minimum Gasteiger partial charge on any atom is -0.398 e. The van der Waals surface area contributed by atoms with Gasteiger partial charge in [-0.2, -0.15) is 0 Å². The number of hydrogen-bond donors (Lipinski definition) is 1. The minimum absolute atomic E-state index is 0.188. The lowest BCUT2D eigenvalue weighted by Gasteiger charge is -2.05. The zero-order chi connectivity index (χ0) is 10.0. The number of hydrogen-bond acceptors (Lipinski definition) is 2. The molecule has 0 aliphatic carbocycles. The molecule has 3 nitrogen and oxygen atoms in total. The van der Waals surface area contributed by atoms with Crippen LogP contribution >= 0.6 is 15.9 Å². The number of rotatable bonds is 2. The Morgan fingerprint density at radius 2 is 2.23 bits per heavy atom. The van der Waals surface area contributed by atoms with E-state index in [1.165, 1.54) is 12.3 Å². The van der Waals surface area contributed by atoms with Crippen LogP contribution in [0.2, 0.25) is 0 Å². The van der Waals surface area contributed by atoms with Crippen LogP contribution in [0.1, 0.15) is 0 Å². The second kappa shape index (κ2) is 3.87. The number of nitrogens with two attached hydrogens (primary N) is 1. The van der Waals surface area contributed by atoms with E-state index in [4.69, 9.17) is 5.73 Å². The highest BCUT2D eigenvalue weighted by Gasteiger charge is 2.08. The quantitative estimate of drug-likeness (QED) is 0.867. The van der Waals surface area contributed by atoms with Gasteiger partial charge in [0.25, 0.3) is 12.0 Å². The third-order valence-corrected chi connectivity index (χ3v) is 1.97. The lowest BCUT2D eigenvalue weighted by molar-refractivity contribution is 0.125. The zero-order valence-electron chi connectivity index (χ0n) is 6.51. The van der Waals surface area contributed by atoms with E-state index in [1.807, 2.05) is 0 Å². The Bertz CT molecular complexity index is 364. The predicted octanol–water partition coefficient (Wildman–Crippen LogP) is 1.46. The summed E-state index contributed by atoms with van der Waals surface area (Å²) in [5, 5.41) is 0. The molecule has 0 spiro atoms. The van der Waals surface area contributed by atoms with Crippen LogP contribution in [0, 0.1) is 0 Å². The topological polar surface area (TPSA) is 48.0 Å². The van der Waals surface area contributed by atoms with Gasteiger partial charge in [-0.3, -0.25) is 4.79 Å². The first kappa shape index (κ1) is 10.2. The van der Waals surface area contributed by atoms with Crippen LogP contribution in [0.25, 0.3) is 0 Å². The summed E-state index contributed by atoms with van der Waals surface area (Å²) >= 11 is 2.93. The van der Waals surface area contributed by atoms with Gasteiger partial charge in [-0.15, -0.1) is 0 Å². The molecule has 13 heavy (non-hydrogen) atoms. The summed E-state index contributed by atoms with van der Waals surface area (Å²) in [6.45, 7) is -0.636. The highest BCUT2D eigenvalue weighted by molar-refractivity contribution is 9.10. The molecule has 0 bridgehead atoms. The van der Waals surface area contributed by atoms with Crippen molar-refractivity contribution in [1.82, 2.24) is 4.57 Å². The molecular formula is C7H7BrF2N2O. The number of pyridine rings is 1. The fraction of sp³-hybridized carbons (Fsp3) is 0.286. The van der Waals surface area contributed by atoms with E-state index >= 15 is 0 Å². The summed E-state index contributed by atoms with van der Waals surface area (Å²) in [5.74, 6) is 0. The maximum atomic E-state index is 11.9. The van der Waals surface area contributed by atoms with Crippen molar-refractivity contribution in [2.75, 3.05) is 5.73 Å². The summed E-state index contributed by atoms with van der Waals surface area (Å²) in [6, 6.07) is 1.38. The summed E-state index contributed by atoms with van der Waals surface area (Å²) in [7, 11) is 0. The molecule has 0 aliphatic rings. The normalized spacial score (nSPS) is 10.8. The molecule has 6 heteroatoms. The van der Waals surface area contributed by atoms with E-state index in [0.29, 0.717) is 0 Å². The maximum Gasteiger partial charge on any atom is 0.265 e. The van der Waals surface area contributed by atoms with E-state index in [9.17, 15) is 13.6 Å². The molecule has 1 aromatic rings. The maximum absolute atomic E-state index is 11.9. The van der Waals surface area contributed by atoms with E-state index in [2.05, 4.69) is 15.9 Å². The number of nitrogen functional groups attached to an aromatic ring is 1. The van der Waals surface area contributed by atoms with Gasteiger partial charge in [0.15, 0.2) is 0 Å². The SMILES string of the molecule is Nc1cc(Br)c(=O)n(CC(F)F)c1. The van der Waals surface area contributed by atoms with Crippen LogP contribution in [0.5, 0.6) is 0 Å². The average molecular weight is 253 g/mol. The van der Waals surface area contributed by atoms with Crippen molar-refractivity contribution in [2.45, 2.75) is 13.0 Å². The summed E-state index contributed by atoms with van der Waals surface area (Å²) in [5.41, 5.74) is 5.13. The van der Waals surface area contributed by atoms with Gasteiger partial charge in [0.1, 0.15) is 0 Å². The Morgan fingerprint density at radius 1 is 1.62 bits per heavy atom. The van der Waals surface area contributed by atoms with Gasteiger partial charge in [-0.05, 0) is 22.0 Å². The summed E-state index contributed by atoms with van der Waals surface area (Å²) < 4.78 is 25.0. The van der Waals surface area contributed by atoms with Crippen LogP contribution in [-0.2, 0) is 6.54 Å². The van der Waals surface area contributed by atoms with Crippen molar-refractivity contribution in [3.63, 3.8) is 0 Å². The molecule has 0 aromatic carbocycles. The first-order chi connectivity index (χ1) is 6.00. The van der Waals surface area contributed by atoms with E-state index in [1.54, 1.807) is 0 Å². The van der Waals surface area contributed by atoms with Gasteiger partial charge in [-0.1, -0.05) is 0 Å². The highest BCUT2D eigenvalue weighted by atomic mass is 79.9. The minimum atomic E-state index is -2.56. The van der Waals surface area contributed by atoms with Crippen LogP contribution < -0.4 is 11.3 Å². The number of alkyl halides is 2. The lowest BCUT2D eigenvalue weighted by atomic mass is 10.4. The monoisotopic (exact) mass is 252 g/mol. The molecule has 1 heterocycles. The van der Waals surface area contributed by atoms with E-state index in [0.717, 1.165) is 4.57 Å². The summed E-state index contributed by atoms with van der Waals surface area (Å²) in [4.78, 5) is 11.2. The van der Waals surface area contributed by atoms with Gasteiger partial charge < -0.3 is 10.3 Å². The lowest BCUT2D eigenvalue weighted by Crippen LogP contribution is -2.23. The Labute approximate surface area is 81.3 Å². The average Bonchev–Trinajstić information content (AvgIpc) is 1.98. The third kappa shape index (κ3) is 2.51. The van der Waals surface area contributed by atoms with Gasteiger partial charge in [0, 0.05) is 11.9 Å². The number of halogens is 3. The van der Waals surface area contributed by atoms with Gasteiger partial charge >= 0.3 is 0 Å². The molecule has 0 saturated heterocycles. The molecule has 0 radical (unpaired) electrons. The standard InChI is InChI=1S/C7H7BrF2N2O/c8-5-1-4(11)2-12(7(5)13)3-6(9)10/h1-2,6H,3,11H2. The molecule has 72 valence electrons. The molecule has 0 saturated carbocycles. The molecule has 0 unspecified atom stereocenters. The second-order valence-corrected chi connectivity index (χ2v) is 3.32. The van der Waals surface area contributed by atoms with Crippen molar-refractivity contribution in [3.8, 4) is 0 Å². The van der Waals surface area contributed by atoms with Crippen LogP contribution in [0.15, 0.2) is 21.5 Å². The van der Waals surface area contributed by atoms with Gasteiger partial charge in [-0.25, -0.2) is 8.78 Å². The zero-order valence-corrected chi connectivity index (χ0v) is 8.09. The molecule has 0 aliphatic heterocycles. The van der Waals surface area contributed by atoms with Gasteiger partial charge in [0.05, 0.1) is 11.0 Å². The largest absolute Gasteiger partial charge is 0.398 e. The Hall–Kier alpha value is -0.910. The van der Waals surface area contributed by atoms with Crippen molar-refractivity contribution in [2.24, 2.45) is 0 Å². The van der Waals surface area contributed by atoms with Crippen LogP contribution in [0.3, 0.4) is 0 Å². The van der Waals surface area contributed by atoms with Crippen molar-refractivity contribution in [1.29, 1.82) is 0 Å². The first-order valence-electron chi connectivity index (χ1n) is 3.44. The first-order valence-corrected chi connectivity index (χ1v) is 4.23. The molecule has 1 aromatic heterocycles. The van der Waals surface area contributed by atoms with E-state index in [-0.39, 0.29) is 10.2 Å². The van der Waals surface area contributed by atoms with Crippen molar-refractivity contribution < 1.29 is 8.78 Å². The van der Waals surface area contributed by atoms with Crippen molar-refractivity contribution in [3.05, 3.63) is 27.1 Å². The molecule has 1 rings (SSSR count). The number of anilines is 1. The summed E-state index contributed by atoms with van der Waals surface area (Å²) in [6.07, 6.45) is -1.37. The molecular weight excluding hydrogens is 246 g/mol. The molecule has 2 N–H and O–H groups in total. The third-order valence-electron chi connectivity index (χ3n) is 1.40. The molecule has 0 atom stereocenters. The fourth-order valence-corrected chi connectivity index (χ4v) is 1.40. The molecule has 0 fully saturated rings. The second-order valence-electron chi connectivity index (χ2n) is 2.47. The highest BCUT2D eigenvalue weighted by Crippen LogP contribution is 2.09. The van der Waals surface area contributed by atoms with E-state index < -0.39 is 18.5 Å². The fourth-order valence-electron chi connectivity index (χ4n) is 0.905. The Morgan fingerprint density at radius 3 is 2.77 bits per heavy atom. The predicted molar refractivity (Wildman–Crippen MR) is 48.8 cm³/mol. The Balaban J connectivity index is 3.13. The Kier molecular flexibility index (Phi) is 3.02. The van der Waals surface area contributed by atoms with Crippen molar-refractivity contribution >= 4 is 21.6 Å².